The van der Waals surface area contributed by atoms with E-state index in [9.17, 15) is 9.18 Å². The van der Waals surface area contributed by atoms with Gasteiger partial charge in [-0.25, -0.2) is 4.39 Å². The van der Waals surface area contributed by atoms with E-state index in [0.29, 0.717) is 19.4 Å². The fraction of sp³-hybridized carbons (Fsp3) is 0.438. The molecule has 2 aromatic rings. The van der Waals surface area contributed by atoms with Crippen LogP contribution in [0.4, 0.5) is 4.39 Å². The molecular formula is C16H21FN2O. The Labute approximate surface area is 118 Å². The maximum atomic E-state index is 13.3. The van der Waals surface area contributed by atoms with E-state index in [4.69, 9.17) is 0 Å². The number of carbonyl (C=O) groups excluding carboxylic acids is 1. The average molecular weight is 276 g/mol. The quantitative estimate of drug-likeness (QED) is 0.833. The maximum absolute atomic E-state index is 13.3. The fourth-order valence-electron chi connectivity index (χ4n) is 2.43. The number of hydrogen-bond acceptors (Lipinski definition) is 1. The number of benzene rings is 1. The Hall–Kier alpha value is -1.84. The second-order valence-corrected chi connectivity index (χ2v) is 5.12. The highest BCUT2D eigenvalue weighted by Gasteiger charge is 2.09. The summed E-state index contributed by atoms with van der Waals surface area (Å²) in [5.41, 5.74) is 3.06. The first-order valence-corrected chi connectivity index (χ1v) is 7.15. The number of rotatable bonds is 6. The minimum absolute atomic E-state index is 0.0931. The first-order valence-electron chi connectivity index (χ1n) is 7.15. The molecule has 0 fully saturated rings. The zero-order chi connectivity index (χ0) is 14.5. The van der Waals surface area contributed by atoms with Crippen LogP contribution in [0.3, 0.4) is 0 Å². The van der Waals surface area contributed by atoms with Crippen molar-refractivity contribution in [1.82, 2.24) is 10.3 Å². The summed E-state index contributed by atoms with van der Waals surface area (Å²) in [6, 6.07) is 4.75. The minimum atomic E-state index is -0.232. The molecule has 4 heteroatoms. The van der Waals surface area contributed by atoms with Crippen LogP contribution in [-0.4, -0.2) is 17.4 Å². The van der Waals surface area contributed by atoms with Gasteiger partial charge in [-0.1, -0.05) is 13.3 Å². The van der Waals surface area contributed by atoms with Crippen molar-refractivity contribution in [3.05, 3.63) is 35.3 Å². The smallest absolute Gasteiger partial charge is 0.220 e. The van der Waals surface area contributed by atoms with Crippen LogP contribution in [0.2, 0.25) is 0 Å². The molecule has 0 aliphatic rings. The highest BCUT2D eigenvalue weighted by Crippen LogP contribution is 2.23. The Morgan fingerprint density at radius 1 is 1.40 bits per heavy atom. The van der Waals surface area contributed by atoms with Crippen LogP contribution >= 0.6 is 0 Å². The highest BCUT2D eigenvalue weighted by molar-refractivity contribution is 5.84. The Kier molecular flexibility index (Phi) is 4.77. The highest BCUT2D eigenvalue weighted by atomic mass is 19.1. The van der Waals surface area contributed by atoms with Gasteiger partial charge in [0.05, 0.1) is 0 Å². The van der Waals surface area contributed by atoms with Crippen molar-refractivity contribution in [2.24, 2.45) is 0 Å². The Bertz CT molecular complexity index is 604. The molecule has 108 valence electrons. The van der Waals surface area contributed by atoms with E-state index in [1.807, 2.05) is 6.92 Å². The minimum Gasteiger partial charge on any atom is -0.358 e. The molecule has 0 aliphatic heterocycles. The van der Waals surface area contributed by atoms with Crippen LogP contribution in [0.15, 0.2) is 18.2 Å². The fourth-order valence-corrected chi connectivity index (χ4v) is 2.43. The van der Waals surface area contributed by atoms with Gasteiger partial charge in [0.15, 0.2) is 0 Å². The standard InChI is InChI=1S/C16H21FN2O/c1-3-4-5-16(20)18-9-8-13-11(2)19-15-7-6-12(17)10-14(13)15/h6-7,10,19H,3-5,8-9H2,1-2H3,(H,18,20). The first-order chi connectivity index (χ1) is 9.61. The SMILES string of the molecule is CCCCC(=O)NCCc1c(C)[nH]c2ccc(F)cc12. The average Bonchev–Trinajstić information content (AvgIpc) is 2.72. The molecule has 3 nitrogen and oxygen atoms in total. The van der Waals surface area contributed by atoms with E-state index in [2.05, 4.69) is 17.2 Å². The second-order valence-electron chi connectivity index (χ2n) is 5.12. The number of aromatic nitrogens is 1. The number of fused-ring (bicyclic) bond motifs is 1. The lowest BCUT2D eigenvalue weighted by Gasteiger charge is -2.05. The predicted octanol–water partition coefficient (Wildman–Crippen LogP) is 3.46. The Balaban J connectivity index is 2.01. The first kappa shape index (κ1) is 14.6. The molecule has 0 aliphatic carbocycles. The summed E-state index contributed by atoms with van der Waals surface area (Å²) in [5.74, 6) is -0.139. The van der Waals surface area contributed by atoms with Crippen molar-refractivity contribution in [2.75, 3.05) is 6.54 Å². The van der Waals surface area contributed by atoms with Gasteiger partial charge in [0.2, 0.25) is 5.91 Å². The molecule has 2 rings (SSSR count). The zero-order valence-electron chi connectivity index (χ0n) is 12.1. The number of aromatic amines is 1. The summed E-state index contributed by atoms with van der Waals surface area (Å²) >= 11 is 0. The molecule has 0 saturated carbocycles. The molecule has 0 saturated heterocycles. The van der Waals surface area contributed by atoms with Gasteiger partial charge in [-0.3, -0.25) is 4.79 Å². The number of H-pyrrole nitrogens is 1. The molecule has 1 aromatic heterocycles. The summed E-state index contributed by atoms with van der Waals surface area (Å²) in [6.07, 6.45) is 3.24. The summed E-state index contributed by atoms with van der Waals surface area (Å²) in [5, 5.41) is 3.82. The van der Waals surface area contributed by atoms with Crippen molar-refractivity contribution in [1.29, 1.82) is 0 Å². The van der Waals surface area contributed by atoms with Gasteiger partial charge in [-0.2, -0.15) is 0 Å². The Morgan fingerprint density at radius 2 is 2.20 bits per heavy atom. The second kappa shape index (κ2) is 6.55. The summed E-state index contributed by atoms with van der Waals surface area (Å²) < 4.78 is 13.3. The third-order valence-electron chi connectivity index (χ3n) is 3.54. The normalized spacial score (nSPS) is 10.9. The van der Waals surface area contributed by atoms with Gasteiger partial charge in [-0.05, 0) is 43.5 Å². The lowest BCUT2D eigenvalue weighted by Crippen LogP contribution is -2.25. The van der Waals surface area contributed by atoms with Crippen LogP contribution in [-0.2, 0) is 11.2 Å². The van der Waals surface area contributed by atoms with Gasteiger partial charge in [0.25, 0.3) is 0 Å². The number of amides is 1. The summed E-state index contributed by atoms with van der Waals surface area (Å²) in [7, 11) is 0. The van der Waals surface area contributed by atoms with Crippen LogP contribution in [0, 0.1) is 12.7 Å². The molecule has 0 unspecified atom stereocenters. The van der Waals surface area contributed by atoms with Gasteiger partial charge in [0, 0.05) is 29.6 Å². The van der Waals surface area contributed by atoms with E-state index >= 15 is 0 Å². The maximum Gasteiger partial charge on any atom is 0.220 e. The third kappa shape index (κ3) is 3.38. The molecule has 0 atom stereocenters. The van der Waals surface area contributed by atoms with Gasteiger partial charge >= 0.3 is 0 Å². The van der Waals surface area contributed by atoms with E-state index in [1.54, 1.807) is 12.1 Å². The molecule has 1 amide bonds. The third-order valence-corrected chi connectivity index (χ3v) is 3.54. The number of aryl methyl sites for hydroxylation is 1. The van der Waals surface area contributed by atoms with Crippen LogP contribution in [0.25, 0.3) is 10.9 Å². The molecule has 20 heavy (non-hydrogen) atoms. The number of halogens is 1. The van der Waals surface area contributed by atoms with Gasteiger partial charge in [-0.15, -0.1) is 0 Å². The van der Waals surface area contributed by atoms with Crippen molar-refractivity contribution in [3.8, 4) is 0 Å². The topological polar surface area (TPSA) is 44.9 Å². The molecule has 0 radical (unpaired) electrons. The van der Waals surface area contributed by atoms with Crippen LogP contribution in [0.5, 0.6) is 0 Å². The van der Waals surface area contributed by atoms with Gasteiger partial charge in [0.1, 0.15) is 5.82 Å². The molecule has 1 heterocycles. The van der Waals surface area contributed by atoms with Crippen molar-refractivity contribution in [2.45, 2.75) is 39.5 Å². The van der Waals surface area contributed by atoms with E-state index in [-0.39, 0.29) is 11.7 Å². The van der Waals surface area contributed by atoms with Crippen molar-refractivity contribution >= 4 is 16.8 Å². The molecular weight excluding hydrogens is 255 g/mol. The lowest BCUT2D eigenvalue weighted by molar-refractivity contribution is -0.121. The van der Waals surface area contributed by atoms with E-state index in [1.165, 1.54) is 6.07 Å². The number of unbranched alkanes of at least 4 members (excludes halogenated alkanes) is 1. The monoisotopic (exact) mass is 276 g/mol. The van der Waals surface area contributed by atoms with Crippen molar-refractivity contribution < 1.29 is 9.18 Å². The predicted molar refractivity (Wildman–Crippen MR) is 79.2 cm³/mol. The molecule has 1 aromatic carbocycles. The van der Waals surface area contributed by atoms with Gasteiger partial charge < -0.3 is 10.3 Å². The van der Waals surface area contributed by atoms with E-state index in [0.717, 1.165) is 35.0 Å². The van der Waals surface area contributed by atoms with Crippen LogP contribution in [0.1, 0.15) is 37.4 Å². The Morgan fingerprint density at radius 3 is 2.95 bits per heavy atom. The summed E-state index contributed by atoms with van der Waals surface area (Å²) in [6.45, 7) is 4.64. The molecule has 0 spiro atoms. The summed E-state index contributed by atoms with van der Waals surface area (Å²) in [4.78, 5) is 14.8. The number of nitrogens with one attached hydrogen (secondary N) is 2. The van der Waals surface area contributed by atoms with Crippen molar-refractivity contribution in [3.63, 3.8) is 0 Å². The van der Waals surface area contributed by atoms with Crippen LogP contribution < -0.4 is 5.32 Å². The largest absolute Gasteiger partial charge is 0.358 e. The lowest BCUT2D eigenvalue weighted by atomic mass is 10.1. The van der Waals surface area contributed by atoms with E-state index < -0.39 is 0 Å². The number of hydrogen-bond donors (Lipinski definition) is 2. The molecule has 2 N–H and O–H groups in total. The number of carbonyl (C=O) groups is 1. The zero-order valence-corrected chi connectivity index (χ0v) is 12.1. The molecule has 0 bridgehead atoms.